The van der Waals surface area contributed by atoms with Crippen LogP contribution >= 0.6 is 23.2 Å². The van der Waals surface area contributed by atoms with Gasteiger partial charge in [-0.25, -0.2) is 0 Å². The minimum atomic E-state index is -0.188. The Morgan fingerprint density at radius 3 is 2.39 bits per heavy atom. The topological polar surface area (TPSA) is 68.1 Å². The Bertz CT molecular complexity index is 851. The number of hydrogen-bond donors (Lipinski definition) is 1. The average molecular weight is 350 g/mol. The summed E-state index contributed by atoms with van der Waals surface area (Å²) in [5, 5.41) is 20.4. The standard InChI is InChI=1S/C16H13Cl2N3O2/c1-23-9-2-3-10-11(4-9)15(20-21-16(10)8-22)5-12-13(17)6-19-7-14(12)18/h2-4,6-7,22H,5,8H2,1H3. The van der Waals surface area contributed by atoms with Gasteiger partial charge in [-0.2, -0.15) is 10.2 Å². The molecule has 0 bridgehead atoms. The van der Waals surface area contributed by atoms with Crippen LogP contribution < -0.4 is 4.74 Å². The molecule has 3 aromatic rings. The Balaban J connectivity index is 2.17. The molecule has 0 aliphatic rings. The van der Waals surface area contributed by atoms with Crippen molar-refractivity contribution >= 4 is 34.0 Å². The molecule has 118 valence electrons. The van der Waals surface area contributed by atoms with Gasteiger partial charge in [-0.3, -0.25) is 4.98 Å². The molecule has 0 fully saturated rings. The fraction of sp³-hybridized carbons (Fsp3) is 0.188. The third-order valence-electron chi connectivity index (χ3n) is 3.59. The number of ether oxygens (including phenoxy) is 1. The quantitative estimate of drug-likeness (QED) is 0.781. The number of nitrogens with zero attached hydrogens (tertiary/aromatic N) is 3. The van der Waals surface area contributed by atoms with E-state index < -0.39 is 0 Å². The van der Waals surface area contributed by atoms with Crippen molar-refractivity contribution in [2.45, 2.75) is 13.0 Å². The first-order chi connectivity index (χ1) is 11.1. The monoisotopic (exact) mass is 349 g/mol. The van der Waals surface area contributed by atoms with Gasteiger partial charge in [-0.05, 0) is 23.8 Å². The summed E-state index contributed by atoms with van der Waals surface area (Å²) in [4.78, 5) is 3.95. The Morgan fingerprint density at radius 2 is 1.74 bits per heavy atom. The highest BCUT2D eigenvalue weighted by Crippen LogP contribution is 2.30. The zero-order valence-electron chi connectivity index (χ0n) is 12.3. The Morgan fingerprint density at radius 1 is 1.04 bits per heavy atom. The number of aliphatic hydroxyl groups excluding tert-OH is 1. The van der Waals surface area contributed by atoms with Gasteiger partial charge in [0.2, 0.25) is 0 Å². The molecular weight excluding hydrogens is 337 g/mol. The van der Waals surface area contributed by atoms with E-state index in [9.17, 15) is 5.11 Å². The minimum Gasteiger partial charge on any atom is -0.497 e. The number of pyridine rings is 1. The number of halogens is 2. The maximum atomic E-state index is 9.45. The summed E-state index contributed by atoms with van der Waals surface area (Å²) >= 11 is 12.4. The normalized spacial score (nSPS) is 11.0. The lowest BCUT2D eigenvalue weighted by molar-refractivity contribution is 0.277. The third kappa shape index (κ3) is 3.08. The second-order valence-corrected chi connectivity index (χ2v) is 5.74. The number of aromatic nitrogens is 3. The second-order valence-electron chi connectivity index (χ2n) is 4.92. The van der Waals surface area contributed by atoms with Crippen molar-refractivity contribution in [3.8, 4) is 5.75 Å². The van der Waals surface area contributed by atoms with E-state index in [2.05, 4.69) is 15.2 Å². The molecule has 23 heavy (non-hydrogen) atoms. The first kappa shape index (κ1) is 15.9. The molecule has 0 aliphatic carbocycles. The van der Waals surface area contributed by atoms with Crippen molar-refractivity contribution in [2.24, 2.45) is 0 Å². The van der Waals surface area contributed by atoms with Crippen molar-refractivity contribution in [3.05, 3.63) is 57.6 Å². The summed E-state index contributed by atoms with van der Waals surface area (Å²) in [5.74, 6) is 0.697. The molecule has 1 N–H and O–H groups in total. The fourth-order valence-electron chi connectivity index (χ4n) is 2.39. The Labute approximate surface area is 142 Å². The molecule has 2 heterocycles. The van der Waals surface area contributed by atoms with Crippen molar-refractivity contribution in [1.82, 2.24) is 15.2 Å². The van der Waals surface area contributed by atoms with Crippen LogP contribution in [0.25, 0.3) is 10.8 Å². The lowest BCUT2D eigenvalue weighted by Crippen LogP contribution is -2.03. The summed E-state index contributed by atoms with van der Waals surface area (Å²) in [7, 11) is 1.60. The molecule has 0 radical (unpaired) electrons. The summed E-state index contributed by atoms with van der Waals surface area (Å²) in [6.07, 6.45) is 3.49. The molecule has 2 aromatic heterocycles. The predicted molar refractivity (Wildman–Crippen MR) is 89.1 cm³/mol. The number of methoxy groups -OCH3 is 1. The maximum absolute atomic E-state index is 9.45. The van der Waals surface area contributed by atoms with E-state index in [-0.39, 0.29) is 6.61 Å². The Hall–Kier alpha value is -1.95. The van der Waals surface area contributed by atoms with Crippen LogP contribution in [0.1, 0.15) is 17.0 Å². The number of hydrogen-bond acceptors (Lipinski definition) is 5. The molecule has 0 spiro atoms. The number of aliphatic hydroxyl groups is 1. The molecular formula is C16H13Cl2N3O2. The van der Waals surface area contributed by atoms with E-state index in [1.54, 1.807) is 19.5 Å². The number of benzene rings is 1. The van der Waals surface area contributed by atoms with Gasteiger partial charge in [0, 0.05) is 29.6 Å². The summed E-state index contributed by atoms with van der Waals surface area (Å²) in [6, 6.07) is 5.54. The molecule has 1 aromatic carbocycles. The van der Waals surface area contributed by atoms with Crippen molar-refractivity contribution < 1.29 is 9.84 Å². The second kappa shape index (κ2) is 6.66. The van der Waals surface area contributed by atoms with Crippen LogP contribution in [0, 0.1) is 0 Å². The van der Waals surface area contributed by atoms with Gasteiger partial charge in [0.1, 0.15) is 5.75 Å². The zero-order valence-corrected chi connectivity index (χ0v) is 13.8. The smallest absolute Gasteiger partial charge is 0.119 e. The highest BCUT2D eigenvalue weighted by molar-refractivity contribution is 6.35. The van der Waals surface area contributed by atoms with E-state index in [1.165, 1.54) is 0 Å². The van der Waals surface area contributed by atoms with E-state index in [1.807, 2.05) is 18.2 Å². The minimum absolute atomic E-state index is 0.188. The zero-order chi connectivity index (χ0) is 16.4. The van der Waals surface area contributed by atoms with Gasteiger partial charge >= 0.3 is 0 Å². The van der Waals surface area contributed by atoms with Gasteiger partial charge in [-0.15, -0.1) is 0 Å². The van der Waals surface area contributed by atoms with Crippen molar-refractivity contribution in [2.75, 3.05) is 7.11 Å². The van der Waals surface area contributed by atoms with Crippen LogP contribution in [-0.2, 0) is 13.0 Å². The van der Waals surface area contributed by atoms with E-state index in [0.717, 1.165) is 16.3 Å². The maximum Gasteiger partial charge on any atom is 0.119 e. The lowest BCUT2D eigenvalue weighted by atomic mass is 10.0. The highest BCUT2D eigenvalue weighted by Gasteiger charge is 2.14. The molecule has 7 heteroatoms. The average Bonchev–Trinajstić information content (AvgIpc) is 2.57. The first-order valence-electron chi connectivity index (χ1n) is 6.85. The largest absolute Gasteiger partial charge is 0.497 e. The predicted octanol–water partition coefficient (Wildman–Crippen LogP) is 3.42. The molecule has 0 unspecified atom stereocenters. The van der Waals surface area contributed by atoms with Gasteiger partial charge < -0.3 is 9.84 Å². The van der Waals surface area contributed by atoms with Crippen LogP contribution in [0.2, 0.25) is 10.0 Å². The summed E-state index contributed by atoms with van der Waals surface area (Å²) in [6.45, 7) is -0.188. The van der Waals surface area contributed by atoms with E-state index in [4.69, 9.17) is 27.9 Å². The summed E-state index contributed by atoms with van der Waals surface area (Å²) in [5.41, 5.74) is 1.95. The molecule has 0 aliphatic heterocycles. The number of fused-ring (bicyclic) bond motifs is 1. The van der Waals surface area contributed by atoms with Crippen LogP contribution in [-0.4, -0.2) is 27.4 Å². The molecule has 0 atom stereocenters. The van der Waals surface area contributed by atoms with Crippen LogP contribution in [0.4, 0.5) is 0 Å². The van der Waals surface area contributed by atoms with Gasteiger partial charge in [-0.1, -0.05) is 23.2 Å². The molecule has 5 nitrogen and oxygen atoms in total. The summed E-state index contributed by atoms with van der Waals surface area (Å²) < 4.78 is 5.28. The van der Waals surface area contributed by atoms with E-state index >= 15 is 0 Å². The fourth-order valence-corrected chi connectivity index (χ4v) is 2.89. The third-order valence-corrected chi connectivity index (χ3v) is 4.24. The lowest BCUT2D eigenvalue weighted by Gasteiger charge is -2.11. The first-order valence-corrected chi connectivity index (χ1v) is 7.60. The molecule has 0 saturated heterocycles. The molecule has 0 amide bonds. The van der Waals surface area contributed by atoms with Gasteiger partial charge in [0.15, 0.2) is 0 Å². The van der Waals surface area contributed by atoms with Gasteiger partial charge in [0.25, 0.3) is 0 Å². The SMILES string of the molecule is COc1ccc2c(CO)nnc(Cc3c(Cl)cncc3Cl)c2c1. The van der Waals surface area contributed by atoms with Crippen LogP contribution in [0.5, 0.6) is 5.75 Å². The number of rotatable bonds is 4. The highest BCUT2D eigenvalue weighted by atomic mass is 35.5. The van der Waals surface area contributed by atoms with Crippen molar-refractivity contribution in [3.63, 3.8) is 0 Å². The molecule has 0 saturated carbocycles. The van der Waals surface area contributed by atoms with Crippen molar-refractivity contribution in [1.29, 1.82) is 0 Å². The van der Waals surface area contributed by atoms with Crippen LogP contribution in [0.15, 0.2) is 30.6 Å². The van der Waals surface area contributed by atoms with Crippen LogP contribution in [0.3, 0.4) is 0 Å². The Kier molecular flexibility index (Phi) is 4.61. The van der Waals surface area contributed by atoms with E-state index in [0.29, 0.717) is 33.6 Å². The van der Waals surface area contributed by atoms with Gasteiger partial charge in [0.05, 0.1) is 35.1 Å². The molecule has 3 rings (SSSR count).